The average molecular weight is 524 g/mol. The maximum atomic E-state index is 12.9. The molecule has 11 nitrogen and oxygen atoms in total. The second-order valence-electron chi connectivity index (χ2n) is 10.6. The lowest BCUT2D eigenvalue weighted by atomic mass is 9.87. The normalized spacial score (nSPS) is 14.3. The van der Waals surface area contributed by atoms with Crippen LogP contribution in [0.5, 0.6) is 0 Å². The Morgan fingerprint density at radius 3 is 2.26 bits per heavy atom. The number of nitrogens with two attached hydrogens (primary N) is 1. The van der Waals surface area contributed by atoms with Gasteiger partial charge in [0.1, 0.15) is 16.7 Å². The van der Waals surface area contributed by atoms with E-state index in [0.717, 1.165) is 12.8 Å². The fourth-order valence-corrected chi connectivity index (χ4v) is 4.36. The van der Waals surface area contributed by atoms with Gasteiger partial charge in [-0.2, -0.15) is 10.4 Å². The summed E-state index contributed by atoms with van der Waals surface area (Å²) in [5, 5.41) is 17.1. The van der Waals surface area contributed by atoms with Gasteiger partial charge in [-0.25, -0.2) is 4.79 Å². The molecule has 0 atom stereocenters. The number of anilines is 2. The number of likely N-dealkylation sites (tertiary alicyclic amines) is 1. The minimum atomic E-state index is -0.811. The number of benzene rings is 1. The number of nitrogens with zero attached hydrogens (tertiary/aromatic N) is 5. The standard InChI is InChI=1S/C27H37N7O4/c1-6-14-32(15-7-2)24(36)19-8-10-20(11-9-19)30-23-21(22(29)35)16-34(31-23)27(12-13-28)17-33(18-27)25(37)38-26(3,4)5/h8-11,16H,6-7,12,14-15,17-18H2,1-5H3,(H2,29,35)(H,30,31). The third-order valence-electron chi connectivity index (χ3n) is 6.16. The van der Waals surface area contributed by atoms with Gasteiger partial charge in [-0.1, -0.05) is 13.8 Å². The molecule has 1 saturated heterocycles. The van der Waals surface area contributed by atoms with Crippen LogP contribution in [0.4, 0.5) is 16.3 Å². The molecular weight excluding hydrogens is 486 g/mol. The molecule has 1 fully saturated rings. The Morgan fingerprint density at radius 2 is 1.76 bits per heavy atom. The van der Waals surface area contributed by atoms with Gasteiger partial charge in [-0.3, -0.25) is 14.3 Å². The van der Waals surface area contributed by atoms with Crippen LogP contribution >= 0.6 is 0 Å². The van der Waals surface area contributed by atoms with E-state index < -0.39 is 23.1 Å². The van der Waals surface area contributed by atoms with E-state index in [-0.39, 0.29) is 36.8 Å². The number of amides is 3. The van der Waals surface area contributed by atoms with Gasteiger partial charge in [-0.15, -0.1) is 0 Å². The average Bonchev–Trinajstić information content (AvgIpc) is 3.24. The molecule has 2 aromatic rings. The van der Waals surface area contributed by atoms with Crippen molar-refractivity contribution < 1.29 is 19.1 Å². The van der Waals surface area contributed by atoms with Crippen LogP contribution in [0.15, 0.2) is 30.5 Å². The van der Waals surface area contributed by atoms with Gasteiger partial charge in [0, 0.05) is 30.5 Å². The fourth-order valence-electron chi connectivity index (χ4n) is 4.36. The highest BCUT2D eigenvalue weighted by molar-refractivity contribution is 5.98. The van der Waals surface area contributed by atoms with Gasteiger partial charge in [-0.05, 0) is 57.9 Å². The quantitative estimate of drug-likeness (QED) is 0.481. The first kappa shape index (κ1) is 28.5. The van der Waals surface area contributed by atoms with Crippen molar-refractivity contribution in [3.63, 3.8) is 0 Å². The van der Waals surface area contributed by atoms with Crippen LogP contribution in [-0.4, -0.2) is 69.3 Å². The summed E-state index contributed by atoms with van der Waals surface area (Å²) in [5.74, 6) is -0.487. The van der Waals surface area contributed by atoms with E-state index in [2.05, 4.69) is 16.5 Å². The number of carbonyl (C=O) groups is 3. The molecule has 0 aliphatic carbocycles. The van der Waals surface area contributed by atoms with Crippen molar-refractivity contribution in [1.82, 2.24) is 19.6 Å². The van der Waals surface area contributed by atoms with Crippen LogP contribution in [0.1, 0.15) is 74.6 Å². The van der Waals surface area contributed by atoms with Crippen LogP contribution < -0.4 is 11.1 Å². The molecule has 3 amide bonds. The first-order valence-electron chi connectivity index (χ1n) is 12.8. The monoisotopic (exact) mass is 523 g/mol. The third kappa shape index (κ3) is 6.43. The van der Waals surface area contributed by atoms with E-state index in [1.807, 2.05) is 18.7 Å². The van der Waals surface area contributed by atoms with E-state index >= 15 is 0 Å². The summed E-state index contributed by atoms with van der Waals surface area (Å²) in [6.45, 7) is 11.2. The summed E-state index contributed by atoms with van der Waals surface area (Å²) in [5.41, 5.74) is 5.51. The van der Waals surface area contributed by atoms with Crippen LogP contribution in [-0.2, 0) is 10.3 Å². The number of rotatable bonds is 10. The van der Waals surface area contributed by atoms with Crippen LogP contribution in [0.3, 0.4) is 0 Å². The predicted octanol–water partition coefficient (Wildman–Crippen LogP) is 3.85. The highest BCUT2D eigenvalue weighted by Gasteiger charge is 2.49. The molecule has 1 aromatic heterocycles. The van der Waals surface area contributed by atoms with Gasteiger partial charge in [0.05, 0.1) is 25.6 Å². The lowest BCUT2D eigenvalue weighted by Gasteiger charge is -2.48. The Bertz CT molecular complexity index is 1200. The van der Waals surface area contributed by atoms with E-state index in [1.54, 1.807) is 45.0 Å². The minimum absolute atomic E-state index is 0.0275. The number of nitrogens with one attached hydrogen (secondary N) is 1. The molecule has 3 N–H and O–H groups in total. The second-order valence-corrected chi connectivity index (χ2v) is 10.6. The minimum Gasteiger partial charge on any atom is -0.444 e. The van der Waals surface area contributed by atoms with Crippen LogP contribution in [0, 0.1) is 11.3 Å². The molecule has 1 aromatic carbocycles. The molecule has 0 unspecified atom stereocenters. The summed E-state index contributed by atoms with van der Waals surface area (Å²) < 4.78 is 6.96. The molecule has 2 heterocycles. The van der Waals surface area contributed by atoms with Crippen molar-refractivity contribution in [2.75, 3.05) is 31.5 Å². The number of primary amides is 1. The van der Waals surface area contributed by atoms with Crippen molar-refractivity contribution in [3.05, 3.63) is 41.6 Å². The zero-order chi connectivity index (χ0) is 28.1. The van der Waals surface area contributed by atoms with Crippen LogP contribution in [0.25, 0.3) is 0 Å². The maximum absolute atomic E-state index is 12.9. The van der Waals surface area contributed by atoms with Crippen molar-refractivity contribution in [1.29, 1.82) is 5.26 Å². The van der Waals surface area contributed by atoms with Gasteiger partial charge in [0.2, 0.25) is 0 Å². The lowest BCUT2D eigenvalue weighted by molar-refractivity contribution is -0.0313. The molecule has 1 aliphatic heterocycles. The molecule has 0 saturated carbocycles. The van der Waals surface area contributed by atoms with Crippen molar-refractivity contribution in [2.45, 2.75) is 65.0 Å². The zero-order valence-corrected chi connectivity index (χ0v) is 22.8. The van der Waals surface area contributed by atoms with Crippen molar-refractivity contribution in [2.24, 2.45) is 5.73 Å². The number of hydrogen-bond donors (Lipinski definition) is 2. The summed E-state index contributed by atoms with van der Waals surface area (Å²) in [6, 6.07) is 9.10. The fraction of sp³-hybridized carbons (Fsp3) is 0.519. The predicted molar refractivity (Wildman–Crippen MR) is 143 cm³/mol. The molecule has 3 rings (SSSR count). The number of nitriles is 1. The van der Waals surface area contributed by atoms with Gasteiger partial charge in [0.15, 0.2) is 5.82 Å². The topological polar surface area (TPSA) is 147 Å². The van der Waals surface area contributed by atoms with Crippen LogP contribution in [0.2, 0.25) is 0 Å². The SMILES string of the molecule is CCCN(CCC)C(=O)c1ccc(Nc2nn(C3(CC#N)CN(C(=O)OC(C)(C)C)C3)cc2C(N)=O)cc1. The van der Waals surface area contributed by atoms with E-state index in [1.165, 1.54) is 15.8 Å². The second kappa shape index (κ2) is 11.5. The van der Waals surface area contributed by atoms with E-state index in [4.69, 9.17) is 10.5 Å². The number of aromatic nitrogens is 2. The summed E-state index contributed by atoms with van der Waals surface area (Å²) >= 11 is 0. The van der Waals surface area contributed by atoms with Gasteiger partial charge in [0.25, 0.3) is 11.8 Å². The summed E-state index contributed by atoms with van der Waals surface area (Å²) in [7, 11) is 0. The summed E-state index contributed by atoms with van der Waals surface area (Å²) in [4.78, 5) is 40.9. The Labute approximate surface area is 223 Å². The third-order valence-corrected chi connectivity index (χ3v) is 6.16. The van der Waals surface area contributed by atoms with E-state index in [0.29, 0.717) is 24.3 Å². The van der Waals surface area contributed by atoms with Crippen molar-refractivity contribution >= 4 is 29.4 Å². The Morgan fingerprint density at radius 1 is 1.16 bits per heavy atom. The number of ether oxygens (including phenoxy) is 1. The molecule has 0 bridgehead atoms. The molecule has 204 valence electrons. The molecule has 0 radical (unpaired) electrons. The zero-order valence-electron chi connectivity index (χ0n) is 22.8. The number of carbonyl (C=O) groups excluding carboxylic acids is 3. The Kier molecular flexibility index (Phi) is 8.66. The summed E-state index contributed by atoms with van der Waals surface area (Å²) in [6.07, 6.45) is 2.87. The smallest absolute Gasteiger partial charge is 0.410 e. The van der Waals surface area contributed by atoms with Crippen molar-refractivity contribution in [3.8, 4) is 6.07 Å². The first-order valence-corrected chi connectivity index (χ1v) is 12.8. The van der Waals surface area contributed by atoms with Gasteiger partial charge >= 0.3 is 6.09 Å². The molecular formula is C27H37N7O4. The molecule has 1 aliphatic rings. The molecule has 11 heteroatoms. The highest BCUT2D eigenvalue weighted by Crippen LogP contribution is 2.35. The molecule has 0 spiro atoms. The van der Waals surface area contributed by atoms with E-state index in [9.17, 15) is 19.6 Å². The Hall–Kier alpha value is -4.07. The largest absolute Gasteiger partial charge is 0.444 e. The molecule has 38 heavy (non-hydrogen) atoms. The van der Waals surface area contributed by atoms with Gasteiger partial charge < -0.3 is 25.6 Å². The highest BCUT2D eigenvalue weighted by atomic mass is 16.6. The Balaban J connectivity index is 1.80. The first-order chi connectivity index (χ1) is 17.9. The maximum Gasteiger partial charge on any atom is 0.410 e. The lowest BCUT2D eigenvalue weighted by Crippen LogP contribution is -2.64. The number of hydrogen-bond acceptors (Lipinski definition) is 7.